The van der Waals surface area contributed by atoms with Crippen molar-refractivity contribution in [3.8, 4) is 0 Å². The van der Waals surface area contributed by atoms with Crippen LogP contribution in [0.15, 0.2) is 18.5 Å². The average Bonchev–Trinajstić information content (AvgIpc) is 3.20. The summed E-state index contributed by atoms with van der Waals surface area (Å²) >= 11 is 0. The third kappa shape index (κ3) is 3.51. The number of aromatic nitrogens is 1. The molecule has 1 N–H and O–H groups in total. The molecule has 2 fully saturated rings. The van der Waals surface area contributed by atoms with Crippen LogP contribution in [0.5, 0.6) is 0 Å². The molecular weight excluding hydrogens is 260 g/mol. The van der Waals surface area contributed by atoms with Crippen LogP contribution in [-0.2, 0) is 11.3 Å². The predicted octanol–water partition coefficient (Wildman–Crippen LogP) is 4.04. The van der Waals surface area contributed by atoms with E-state index in [1.54, 1.807) is 0 Å². The van der Waals surface area contributed by atoms with Gasteiger partial charge in [0.15, 0.2) is 0 Å². The Kier molecular flexibility index (Phi) is 4.70. The van der Waals surface area contributed by atoms with E-state index in [1.165, 1.54) is 50.5 Å². The lowest BCUT2D eigenvalue weighted by Gasteiger charge is -2.24. The smallest absolute Gasteiger partial charge is 0.0762 e. The Balaban J connectivity index is 1.53. The Morgan fingerprint density at radius 1 is 1.38 bits per heavy atom. The highest BCUT2D eigenvalue weighted by Gasteiger charge is 2.42. The Bertz CT molecular complexity index is 448. The van der Waals surface area contributed by atoms with Crippen molar-refractivity contribution in [1.82, 2.24) is 9.88 Å². The maximum absolute atomic E-state index is 6.41. The molecule has 3 heteroatoms. The van der Waals surface area contributed by atoms with Crippen LogP contribution in [0.4, 0.5) is 0 Å². The molecule has 21 heavy (non-hydrogen) atoms. The SMILES string of the molecule is CCCNC(C)c1ccn(CC2CCC3(CCCC3)O2)c1. The van der Waals surface area contributed by atoms with E-state index in [-0.39, 0.29) is 5.60 Å². The molecule has 1 spiro atoms. The molecule has 0 amide bonds. The molecule has 1 aliphatic heterocycles. The average molecular weight is 290 g/mol. The fourth-order valence-corrected chi connectivity index (χ4v) is 3.95. The molecule has 1 saturated heterocycles. The van der Waals surface area contributed by atoms with Gasteiger partial charge in [0.25, 0.3) is 0 Å². The third-order valence-corrected chi connectivity index (χ3v) is 5.24. The van der Waals surface area contributed by atoms with Crippen molar-refractivity contribution in [2.45, 2.75) is 83.1 Å². The monoisotopic (exact) mass is 290 g/mol. The van der Waals surface area contributed by atoms with Gasteiger partial charge in [-0.15, -0.1) is 0 Å². The summed E-state index contributed by atoms with van der Waals surface area (Å²) in [4.78, 5) is 0. The molecule has 0 aromatic carbocycles. The largest absolute Gasteiger partial charge is 0.370 e. The van der Waals surface area contributed by atoms with Gasteiger partial charge in [-0.1, -0.05) is 19.8 Å². The summed E-state index contributed by atoms with van der Waals surface area (Å²) in [7, 11) is 0. The minimum atomic E-state index is 0.261. The zero-order valence-electron chi connectivity index (χ0n) is 13.6. The van der Waals surface area contributed by atoms with Gasteiger partial charge in [0, 0.05) is 25.0 Å². The molecule has 0 bridgehead atoms. The van der Waals surface area contributed by atoms with Gasteiger partial charge in [-0.05, 0) is 57.2 Å². The highest BCUT2D eigenvalue weighted by atomic mass is 16.5. The first-order valence-corrected chi connectivity index (χ1v) is 8.78. The molecule has 1 aliphatic carbocycles. The summed E-state index contributed by atoms with van der Waals surface area (Å²) in [5.41, 5.74) is 1.65. The van der Waals surface area contributed by atoms with Crippen molar-refractivity contribution in [3.05, 3.63) is 24.0 Å². The second-order valence-corrected chi connectivity index (χ2v) is 6.99. The highest BCUT2D eigenvalue weighted by molar-refractivity contribution is 5.14. The van der Waals surface area contributed by atoms with E-state index >= 15 is 0 Å². The van der Waals surface area contributed by atoms with Crippen LogP contribution < -0.4 is 5.32 Å². The molecule has 2 unspecified atom stereocenters. The van der Waals surface area contributed by atoms with Crippen molar-refractivity contribution in [2.75, 3.05) is 6.54 Å². The minimum absolute atomic E-state index is 0.261. The van der Waals surface area contributed by atoms with Crippen LogP contribution in [0.25, 0.3) is 0 Å². The quantitative estimate of drug-likeness (QED) is 0.855. The number of hydrogen-bond donors (Lipinski definition) is 1. The second-order valence-electron chi connectivity index (χ2n) is 6.99. The summed E-state index contributed by atoms with van der Waals surface area (Å²) in [6, 6.07) is 2.69. The Labute approximate surface area is 129 Å². The lowest BCUT2D eigenvalue weighted by atomic mass is 9.98. The van der Waals surface area contributed by atoms with Crippen LogP contribution in [0.3, 0.4) is 0 Å². The lowest BCUT2D eigenvalue weighted by Crippen LogP contribution is -2.26. The van der Waals surface area contributed by atoms with Crippen LogP contribution in [-0.4, -0.2) is 22.8 Å². The van der Waals surface area contributed by atoms with Crippen molar-refractivity contribution < 1.29 is 4.74 Å². The van der Waals surface area contributed by atoms with Crippen molar-refractivity contribution in [1.29, 1.82) is 0 Å². The van der Waals surface area contributed by atoms with Crippen LogP contribution in [0.2, 0.25) is 0 Å². The normalized spacial score (nSPS) is 25.7. The summed E-state index contributed by atoms with van der Waals surface area (Å²) in [6.07, 6.45) is 13.9. The summed E-state index contributed by atoms with van der Waals surface area (Å²) in [5, 5.41) is 3.55. The second kappa shape index (κ2) is 6.53. The number of nitrogens with one attached hydrogen (secondary N) is 1. The molecule has 1 aromatic rings. The molecule has 3 nitrogen and oxygen atoms in total. The zero-order chi connectivity index (χ0) is 14.7. The third-order valence-electron chi connectivity index (χ3n) is 5.24. The maximum atomic E-state index is 6.41. The molecule has 2 atom stereocenters. The summed E-state index contributed by atoms with van der Waals surface area (Å²) < 4.78 is 8.73. The van der Waals surface area contributed by atoms with E-state index in [1.807, 2.05) is 0 Å². The van der Waals surface area contributed by atoms with E-state index in [4.69, 9.17) is 4.74 Å². The van der Waals surface area contributed by atoms with Crippen molar-refractivity contribution in [3.63, 3.8) is 0 Å². The maximum Gasteiger partial charge on any atom is 0.0762 e. The molecular formula is C18H30N2O. The minimum Gasteiger partial charge on any atom is -0.370 e. The van der Waals surface area contributed by atoms with Crippen molar-refractivity contribution >= 4 is 0 Å². The fourth-order valence-electron chi connectivity index (χ4n) is 3.95. The van der Waals surface area contributed by atoms with E-state index in [2.05, 4.69) is 42.2 Å². The van der Waals surface area contributed by atoms with Gasteiger partial charge in [0.2, 0.25) is 0 Å². The van der Waals surface area contributed by atoms with Crippen molar-refractivity contribution in [2.24, 2.45) is 0 Å². The van der Waals surface area contributed by atoms with Crippen LogP contribution in [0.1, 0.15) is 70.4 Å². The van der Waals surface area contributed by atoms with Gasteiger partial charge in [0.05, 0.1) is 11.7 Å². The standard InChI is InChI=1S/C18H30N2O/c1-3-11-19-15(2)16-7-12-20(13-16)14-17-6-10-18(21-17)8-4-5-9-18/h7,12-13,15,17,19H,3-6,8-11,14H2,1-2H3. The Hall–Kier alpha value is -0.800. The van der Waals surface area contributed by atoms with Crippen LogP contribution in [0, 0.1) is 0 Å². The van der Waals surface area contributed by atoms with Gasteiger partial charge >= 0.3 is 0 Å². The van der Waals surface area contributed by atoms with E-state index in [9.17, 15) is 0 Å². The summed E-state index contributed by atoms with van der Waals surface area (Å²) in [5.74, 6) is 0. The first-order chi connectivity index (χ1) is 10.2. The van der Waals surface area contributed by atoms with Gasteiger partial charge in [0.1, 0.15) is 0 Å². The number of hydrogen-bond acceptors (Lipinski definition) is 2. The van der Waals surface area contributed by atoms with E-state index < -0.39 is 0 Å². The number of nitrogens with zero attached hydrogens (tertiary/aromatic N) is 1. The molecule has 3 rings (SSSR count). The molecule has 2 aliphatic rings. The first kappa shape index (κ1) is 15.1. The number of ether oxygens (including phenoxy) is 1. The molecule has 0 radical (unpaired) electrons. The van der Waals surface area contributed by atoms with Crippen LogP contribution >= 0.6 is 0 Å². The molecule has 1 aromatic heterocycles. The lowest BCUT2D eigenvalue weighted by molar-refractivity contribution is -0.0417. The van der Waals surface area contributed by atoms with Gasteiger partial charge < -0.3 is 14.6 Å². The topological polar surface area (TPSA) is 26.2 Å². The van der Waals surface area contributed by atoms with E-state index in [0.717, 1.165) is 13.1 Å². The van der Waals surface area contributed by atoms with Gasteiger partial charge in [-0.25, -0.2) is 0 Å². The predicted molar refractivity (Wildman–Crippen MR) is 86.4 cm³/mol. The summed E-state index contributed by atoms with van der Waals surface area (Å²) in [6.45, 7) is 6.55. The highest BCUT2D eigenvalue weighted by Crippen LogP contribution is 2.43. The van der Waals surface area contributed by atoms with Gasteiger partial charge in [-0.2, -0.15) is 0 Å². The Morgan fingerprint density at radius 2 is 2.19 bits per heavy atom. The number of rotatable bonds is 6. The first-order valence-electron chi connectivity index (χ1n) is 8.78. The molecule has 118 valence electrons. The molecule has 1 saturated carbocycles. The zero-order valence-corrected chi connectivity index (χ0v) is 13.6. The molecule has 2 heterocycles. The van der Waals surface area contributed by atoms with E-state index in [0.29, 0.717) is 12.1 Å². The van der Waals surface area contributed by atoms with Gasteiger partial charge in [-0.3, -0.25) is 0 Å². The fraction of sp³-hybridized carbons (Fsp3) is 0.778. The Morgan fingerprint density at radius 3 is 2.95 bits per heavy atom.